The maximum absolute atomic E-state index is 13.8. The maximum Gasteiger partial charge on any atom is 0.165 e. The molecule has 0 saturated carbocycles. The van der Waals surface area contributed by atoms with Crippen molar-refractivity contribution in [3.05, 3.63) is 34.3 Å². The Bertz CT molecular complexity index is 406. The molecule has 0 aliphatic carbocycles. The second-order valence-electron chi connectivity index (χ2n) is 4.57. The van der Waals surface area contributed by atoms with E-state index >= 15 is 0 Å². The van der Waals surface area contributed by atoms with Crippen LogP contribution in [0.25, 0.3) is 0 Å². The van der Waals surface area contributed by atoms with Gasteiger partial charge in [-0.1, -0.05) is 32.5 Å². The maximum atomic E-state index is 13.8. The van der Waals surface area contributed by atoms with E-state index in [0.29, 0.717) is 5.56 Å². The quantitative estimate of drug-likeness (QED) is 0.612. The molecule has 0 unspecified atom stereocenters. The molecule has 0 spiro atoms. The standard InChI is InChI=1S/C12H15BrFNOS/c1-12(2,3)17(16)15-8-11(14)9-5-4-6-10(13)7-9/h4-8,11H,1-3H3/t11-,17-/m0/s1. The summed E-state index contributed by atoms with van der Waals surface area (Å²) in [4.78, 5) is 0. The molecule has 94 valence electrons. The highest BCUT2D eigenvalue weighted by Gasteiger charge is 2.26. The fraction of sp³-hybridized carbons (Fsp3) is 0.417. The van der Waals surface area contributed by atoms with E-state index in [0.717, 1.165) is 10.7 Å². The average Bonchev–Trinajstić information content (AvgIpc) is 2.24. The van der Waals surface area contributed by atoms with Crippen molar-refractivity contribution >= 4 is 33.5 Å². The van der Waals surface area contributed by atoms with Crippen molar-refractivity contribution in [2.24, 2.45) is 4.40 Å². The van der Waals surface area contributed by atoms with Crippen LogP contribution < -0.4 is 0 Å². The zero-order chi connectivity index (χ0) is 13.1. The molecule has 0 aliphatic heterocycles. The Morgan fingerprint density at radius 2 is 2.12 bits per heavy atom. The fourth-order valence-electron chi connectivity index (χ4n) is 1.03. The van der Waals surface area contributed by atoms with Crippen molar-refractivity contribution in [2.75, 3.05) is 0 Å². The molecular weight excluding hydrogens is 305 g/mol. The lowest BCUT2D eigenvalue weighted by Gasteiger charge is -2.18. The molecule has 0 radical (unpaired) electrons. The predicted octanol–water partition coefficient (Wildman–Crippen LogP) is 3.99. The molecule has 0 heterocycles. The summed E-state index contributed by atoms with van der Waals surface area (Å²) in [6.45, 7) is 5.40. The molecule has 0 bridgehead atoms. The Labute approximate surface area is 113 Å². The minimum absolute atomic E-state index is 0.465. The first-order chi connectivity index (χ1) is 7.80. The number of hydrogen-bond donors (Lipinski definition) is 0. The van der Waals surface area contributed by atoms with Gasteiger partial charge in [-0.3, -0.25) is 0 Å². The lowest BCUT2D eigenvalue weighted by atomic mass is 10.1. The molecular formula is C12H15BrFNOS. The molecule has 0 aromatic heterocycles. The van der Waals surface area contributed by atoms with E-state index in [9.17, 15) is 8.94 Å². The van der Waals surface area contributed by atoms with Crippen LogP contribution in [0, 0.1) is 0 Å². The summed E-state index contributed by atoms with van der Waals surface area (Å²) >= 11 is 1.85. The summed E-state index contributed by atoms with van der Waals surface area (Å²) in [6, 6.07) is 6.92. The molecule has 0 aliphatic rings. The second kappa shape index (κ2) is 5.98. The minimum atomic E-state index is -1.42. The Morgan fingerprint density at radius 1 is 1.47 bits per heavy atom. The van der Waals surface area contributed by atoms with Crippen molar-refractivity contribution in [3.63, 3.8) is 0 Å². The highest BCUT2D eigenvalue weighted by molar-refractivity contribution is 9.10. The van der Waals surface area contributed by atoms with E-state index in [1.54, 1.807) is 39.0 Å². The van der Waals surface area contributed by atoms with Crippen LogP contribution in [-0.2, 0) is 11.4 Å². The Kier molecular flexibility index (Phi) is 5.16. The second-order valence-corrected chi connectivity index (χ2v) is 7.42. The first kappa shape index (κ1) is 14.7. The van der Waals surface area contributed by atoms with Gasteiger partial charge < -0.3 is 4.55 Å². The van der Waals surface area contributed by atoms with Gasteiger partial charge in [-0.25, -0.2) is 4.39 Å². The van der Waals surface area contributed by atoms with Crippen LogP contribution in [0.5, 0.6) is 0 Å². The molecule has 2 nitrogen and oxygen atoms in total. The van der Waals surface area contributed by atoms with E-state index in [1.807, 2.05) is 6.07 Å². The van der Waals surface area contributed by atoms with E-state index < -0.39 is 22.3 Å². The Morgan fingerprint density at radius 3 is 2.65 bits per heavy atom. The Hall–Kier alpha value is -0.390. The number of halogens is 2. The van der Waals surface area contributed by atoms with Crippen LogP contribution in [0.2, 0.25) is 0 Å². The van der Waals surface area contributed by atoms with Gasteiger partial charge >= 0.3 is 0 Å². The Balaban J connectivity index is 2.73. The summed E-state index contributed by atoms with van der Waals surface area (Å²) in [7, 11) is 0. The van der Waals surface area contributed by atoms with Crippen molar-refractivity contribution in [3.8, 4) is 0 Å². The summed E-state index contributed by atoms with van der Waals surface area (Å²) < 4.78 is 29.5. The van der Waals surface area contributed by atoms with E-state index in [4.69, 9.17) is 0 Å². The molecule has 5 heteroatoms. The van der Waals surface area contributed by atoms with Crippen molar-refractivity contribution in [2.45, 2.75) is 31.7 Å². The fourth-order valence-corrected chi connectivity index (χ4v) is 1.98. The molecule has 0 amide bonds. The molecule has 1 rings (SSSR count). The summed E-state index contributed by atoms with van der Waals surface area (Å²) in [5.74, 6) is 0. The number of nitrogens with zero attached hydrogens (tertiary/aromatic N) is 1. The van der Waals surface area contributed by atoms with Gasteiger partial charge in [0, 0.05) is 4.47 Å². The highest BCUT2D eigenvalue weighted by Crippen LogP contribution is 2.22. The van der Waals surface area contributed by atoms with Gasteiger partial charge in [0.05, 0.1) is 6.21 Å². The minimum Gasteiger partial charge on any atom is -0.591 e. The lowest BCUT2D eigenvalue weighted by molar-refractivity contribution is 0.446. The zero-order valence-corrected chi connectivity index (χ0v) is 12.4. The third-order valence-electron chi connectivity index (χ3n) is 1.98. The first-order valence-corrected chi connectivity index (χ1v) is 7.06. The van der Waals surface area contributed by atoms with E-state index in [-0.39, 0.29) is 0 Å². The third kappa shape index (κ3) is 4.77. The van der Waals surface area contributed by atoms with Gasteiger partial charge in [0.15, 0.2) is 6.17 Å². The normalized spacial score (nSPS) is 16.1. The van der Waals surface area contributed by atoms with Crippen molar-refractivity contribution in [1.29, 1.82) is 0 Å². The van der Waals surface area contributed by atoms with Crippen molar-refractivity contribution < 1.29 is 8.94 Å². The summed E-state index contributed by atoms with van der Waals surface area (Å²) in [6.07, 6.45) is -0.234. The molecule has 0 saturated heterocycles. The SMILES string of the molecule is CC(C)(C)[S@+]([O-])N=C[C@H](F)c1cccc(Br)c1. The van der Waals surface area contributed by atoms with Crippen LogP contribution in [-0.4, -0.2) is 15.5 Å². The van der Waals surface area contributed by atoms with Gasteiger partial charge in [0.1, 0.15) is 16.1 Å². The van der Waals surface area contributed by atoms with Crippen LogP contribution in [0.15, 0.2) is 33.1 Å². The van der Waals surface area contributed by atoms with Crippen LogP contribution in [0.1, 0.15) is 32.5 Å². The van der Waals surface area contributed by atoms with Crippen LogP contribution in [0.3, 0.4) is 0 Å². The average molecular weight is 320 g/mol. The van der Waals surface area contributed by atoms with Crippen LogP contribution in [0.4, 0.5) is 4.39 Å². The van der Waals surface area contributed by atoms with Gasteiger partial charge in [-0.15, -0.1) is 0 Å². The summed E-state index contributed by atoms with van der Waals surface area (Å²) in [5.41, 5.74) is 0.494. The van der Waals surface area contributed by atoms with Gasteiger partial charge in [-0.2, -0.15) is 0 Å². The number of benzene rings is 1. The van der Waals surface area contributed by atoms with E-state index in [1.165, 1.54) is 0 Å². The number of rotatable bonds is 3. The van der Waals surface area contributed by atoms with E-state index in [2.05, 4.69) is 20.3 Å². The van der Waals surface area contributed by atoms with Crippen LogP contribution >= 0.6 is 15.9 Å². The molecule has 17 heavy (non-hydrogen) atoms. The first-order valence-electron chi connectivity index (χ1n) is 5.16. The molecule has 0 N–H and O–H groups in total. The van der Waals surface area contributed by atoms with Gasteiger partial charge in [-0.05, 0) is 38.5 Å². The van der Waals surface area contributed by atoms with Crippen molar-refractivity contribution in [1.82, 2.24) is 0 Å². The smallest absolute Gasteiger partial charge is 0.165 e. The van der Waals surface area contributed by atoms with Gasteiger partial charge in [0.2, 0.25) is 0 Å². The van der Waals surface area contributed by atoms with Gasteiger partial charge in [0.25, 0.3) is 0 Å². The number of alkyl halides is 1. The highest BCUT2D eigenvalue weighted by atomic mass is 79.9. The number of hydrogen-bond acceptors (Lipinski definition) is 2. The summed E-state index contributed by atoms with van der Waals surface area (Å²) in [5, 5.41) is 0. The third-order valence-corrected chi connectivity index (χ3v) is 3.83. The largest absolute Gasteiger partial charge is 0.591 e. The lowest BCUT2D eigenvalue weighted by Crippen LogP contribution is -2.26. The monoisotopic (exact) mass is 319 g/mol. The topological polar surface area (TPSA) is 35.4 Å². The zero-order valence-electron chi connectivity index (χ0n) is 9.98. The molecule has 2 atom stereocenters. The molecule has 1 aromatic rings. The molecule has 1 aromatic carbocycles. The predicted molar refractivity (Wildman–Crippen MR) is 74.4 cm³/mol. The molecule has 0 fully saturated rings.